The molecule has 2 amide bonds. The number of carbonyl (C=O) groups excluding carboxylic acids is 2. The number of nitrogens with zero attached hydrogens (tertiary/aromatic N) is 2. The minimum atomic E-state index is -0.224. The van der Waals surface area contributed by atoms with Crippen molar-refractivity contribution in [3.8, 4) is 0 Å². The number of morpholine rings is 1. The molecule has 1 saturated heterocycles. The maximum atomic E-state index is 12.7. The lowest BCUT2D eigenvalue weighted by Crippen LogP contribution is -2.41. The molecular weight excluding hydrogens is 388 g/mol. The van der Waals surface area contributed by atoms with E-state index in [4.69, 9.17) is 4.74 Å². The van der Waals surface area contributed by atoms with Crippen LogP contribution in [-0.2, 0) is 9.53 Å². The van der Waals surface area contributed by atoms with E-state index in [1.165, 1.54) is 11.3 Å². The van der Waals surface area contributed by atoms with Crippen molar-refractivity contribution in [2.24, 2.45) is 0 Å². The number of ether oxygens (including phenoxy) is 1. The largest absolute Gasteiger partial charge is 0.379 e. The number of thiazole rings is 1. The Hall–Kier alpha value is -2.81. The highest BCUT2D eigenvalue weighted by atomic mass is 32.1. The van der Waals surface area contributed by atoms with Gasteiger partial charge in [-0.3, -0.25) is 14.5 Å². The lowest BCUT2D eigenvalue weighted by molar-refractivity contribution is -0.118. The second-order valence-corrected chi connectivity index (χ2v) is 7.84. The van der Waals surface area contributed by atoms with E-state index in [1.54, 1.807) is 17.6 Å². The molecule has 0 aliphatic carbocycles. The average Bonchev–Trinajstić information content (AvgIpc) is 3.18. The summed E-state index contributed by atoms with van der Waals surface area (Å²) in [6.07, 6.45) is 0. The zero-order chi connectivity index (χ0) is 20.2. The number of benzene rings is 2. The predicted molar refractivity (Wildman–Crippen MR) is 115 cm³/mol. The molecule has 150 valence electrons. The van der Waals surface area contributed by atoms with Gasteiger partial charge in [0.05, 0.1) is 35.5 Å². The van der Waals surface area contributed by atoms with E-state index in [9.17, 15) is 9.59 Å². The highest BCUT2D eigenvalue weighted by Gasteiger charge is 2.16. The van der Waals surface area contributed by atoms with E-state index in [-0.39, 0.29) is 11.8 Å². The number of amides is 2. The van der Waals surface area contributed by atoms with Gasteiger partial charge in [-0.05, 0) is 42.8 Å². The molecule has 2 heterocycles. The zero-order valence-corrected chi connectivity index (χ0v) is 16.9. The first-order valence-electron chi connectivity index (χ1n) is 9.44. The third kappa shape index (κ3) is 4.79. The van der Waals surface area contributed by atoms with Gasteiger partial charge in [0.25, 0.3) is 5.91 Å². The number of carbonyl (C=O) groups is 2. The molecule has 0 saturated carbocycles. The summed E-state index contributed by atoms with van der Waals surface area (Å²) in [5.41, 5.74) is 5.44. The third-order valence-electron chi connectivity index (χ3n) is 4.83. The van der Waals surface area contributed by atoms with Gasteiger partial charge in [-0.25, -0.2) is 4.98 Å². The van der Waals surface area contributed by atoms with Crippen LogP contribution < -0.4 is 10.6 Å². The molecule has 0 atom stereocenters. The SMILES string of the molecule is Cc1ccc(C(=O)Nc2ccc3ncsc3c2)cc1NC(=O)CN1CCOCC1. The van der Waals surface area contributed by atoms with Crippen molar-refractivity contribution >= 4 is 44.7 Å². The smallest absolute Gasteiger partial charge is 0.255 e. The quantitative estimate of drug-likeness (QED) is 0.675. The Morgan fingerprint density at radius 2 is 1.97 bits per heavy atom. The fraction of sp³-hybridized carbons (Fsp3) is 0.286. The predicted octanol–water partition coefficient (Wildman–Crippen LogP) is 3.13. The minimum absolute atomic E-state index is 0.0943. The van der Waals surface area contributed by atoms with E-state index in [0.29, 0.717) is 36.7 Å². The van der Waals surface area contributed by atoms with Gasteiger partial charge in [0, 0.05) is 30.0 Å². The summed E-state index contributed by atoms with van der Waals surface area (Å²) in [4.78, 5) is 31.4. The van der Waals surface area contributed by atoms with Crippen LogP contribution in [0, 0.1) is 6.92 Å². The summed E-state index contributed by atoms with van der Waals surface area (Å²) in [7, 11) is 0. The van der Waals surface area contributed by atoms with Gasteiger partial charge in [-0.15, -0.1) is 11.3 Å². The van der Waals surface area contributed by atoms with Crippen LogP contribution in [0.25, 0.3) is 10.2 Å². The van der Waals surface area contributed by atoms with Gasteiger partial charge in [0.2, 0.25) is 5.91 Å². The minimum Gasteiger partial charge on any atom is -0.379 e. The highest BCUT2D eigenvalue weighted by Crippen LogP contribution is 2.23. The van der Waals surface area contributed by atoms with Crippen LogP contribution in [0.2, 0.25) is 0 Å². The number of rotatable bonds is 5. The number of hydrogen-bond donors (Lipinski definition) is 2. The molecular formula is C21H22N4O3S. The summed E-state index contributed by atoms with van der Waals surface area (Å²) in [6.45, 7) is 5.01. The van der Waals surface area contributed by atoms with Crippen LogP contribution in [-0.4, -0.2) is 54.5 Å². The van der Waals surface area contributed by atoms with Crippen molar-refractivity contribution in [1.82, 2.24) is 9.88 Å². The normalized spacial score (nSPS) is 14.7. The number of fused-ring (bicyclic) bond motifs is 1. The maximum absolute atomic E-state index is 12.7. The van der Waals surface area contributed by atoms with Crippen molar-refractivity contribution in [1.29, 1.82) is 0 Å². The second kappa shape index (κ2) is 8.69. The van der Waals surface area contributed by atoms with E-state index < -0.39 is 0 Å². The van der Waals surface area contributed by atoms with E-state index in [1.807, 2.05) is 31.2 Å². The summed E-state index contributed by atoms with van der Waals surface area (Å²) in [5.74, 6) is -0.319. The highest BCUT2D eigenvalue weighted by molar-refractivity contribution is 7.16. The molecule has 0 unspecified atom stereocenters. The molecule has 1 aliphatic rings. The van der Waals surface area contributed by atoms with Crippen molar-refractivity contribution in [3.05, 3.63) is 53.0 Å². The van der Waals surface area contributed by atoms with Gasteiger partial charge in [0.1, 0.15) is 0 Å². The Kier molecular flexibility index (Phi) is 5.84. The zero-order valence-electron chi connectivity index (χ0n) is 16.1. The average molecular weight is 410 g/mol. The number of aromatic nitrogens is 1. The standard InChI is InChI=1S/C21H22N4O3S/c1-14-2-3-15(10-18(14)24-20(26)12-25-6-8-28-9-7-25)21(27)23-16-4-5-17-19(11-16)29-13-22-17/h2-5,10-11,13H,6-9,12H2,1H3,(H,23,27)(H,24,26). The molecule has 2 N–H and O–H groups in total. The fourth-order valence-electron chi connectivity index (χ4n) is 3.19. The summed E-state index contributed by atoms with van der Waals surface area (Å²) in [6, 6.07) is 10.9. The summed E-state index contributed by atoms with van der Waals surface area (Å²) in [5, 5.41) is 5.84. The first-order valence-corrected chi connectivity index (χ1v) is 10.3. The van der Waals surface area contributed by atoms with E-state index >= 15 is 0 Å². The topological polar surface area (TPSA) is 83.6 Å². The van der Waals surface area contributed by atoms with E-state index in [2.05, 4.69) is 20.5 Å². The second-order valence-electron chi connectivity index (χ2n) is 6.96. The van der Waals surface area contributed by atoms with Crippen LogP contribution in [0.5, 0.6) is 0 Å². The van der Waals surface area contributed by atoms with Crippen LogP contribution >= 0.6 is 11.3 Å². The molecule has 1 fully saturated rings. The number of anilines is 2. The van der Waals surface area contributed by atoms with Crippen molar-refractivity contribution < 1.29 is 14.3 Å². The molecule has 7 nitrogen and oxygen atoms in total. The molecule has 8 heteroatoms. The lowest BCUT2D eigenvalue weighted by atomic mass is 10.1. The molecule has 0 bridgehead atoms. The fourth-order valence-corrected chi connectivity index (χ4v) is 3.90. The Labute approximate surface area is 172 Å². The number of aryl methyl sites for hydroxylation is 1. The molecule has 0 radical (unpaired) electrons. The molecule has 2 aromatic carbocycles. The van der Waals surface area contributed by atoms with Crippen molar-refractivity contribution in [2.45, 2.75) is 6.92 Å². The van der Waals surface area contributed by atoms with Crippen LogP contribution in [0.4, 0.5) is 11.4 Å². The van der Waals surface area contributed by atoms with Crippen molar-refractivity contribution in [2.75, 3.05) is 43.5 Å². The summed E-state index contributed by atoms with van der Waals surface area (Å²) < 4.78 is 6.32. The number of hydrogen-bond acceptors (Lipinski definition) is 6. The van der Waals surface area contributed by atoms with Gasteiger partial charge < -0.3 is 15.4 Å². The summed E-state index contributed by atoms with van der Waals surface area (Å²) >= 11 is 1.53. The van der Waals surface area contributed by atoms with Crippen LogP contribution in [0.3, 0.4) is 0 Å². The lowest BCUT2D eigenvalue weighted by Gasteiger charge is -2.26. The Bertz CT molecular complexity index is 1040. The maximum Gasteiger partial charge on any atom is 0.255 e. The molecule has 3 aromatic rings. The molecule has 1 aromatic heterocycles. The Morgan fingerprint density at radius 1 is 1.14 bits per heavy atom. The third-order valence-corrected chi connectivity index (χ3v) is 5.63. The van der Waals surface area contributed by atoms with E-state index in [0.717, 1.165) is 28.9 Å². The molecule has 1 aliphatic heterocycles. The Balaban J connectivity index is 1.43. The van der Waals surface area contributed by atoms with Crippen molar-refractivity contribution in [3.63, 3.8) is 0 Å². The van der Waals surface area contributed by atoms with Crippen LogP contribution in [0.1, 0.15) is 15.9 Å². The molecule has 29 heavy (non-hydrogen) atoms. The Morgan fingerprint density at radius 3 is 2.79 bits per heavy atom. The first-order chi connectivity index (χ1) is 14.1. The first kappa shape index (κ1) is 19.5. The van der Waals surface area contributed by atoms with Gasteiger partial charge in [-0.1, -0.05) is 6.07 Å². The monoisotopic (exact) mass is 410 g/mol. The van der Waals surface area contributed by atoms with Gasteiger partial charge >= 0.3 is 0 Å². The van der Waals surface area contributed by atoms with Gasteiger partial charge in [-0.2, -0.15) is 0 Å². The van der Waals surface area contributed by atoms with Gasteiger partial charge in [0.15, 0.2) is 0 Å². The number of nitrogens with one attached hydrogen (secondary N) is 2. The molecule has 0 spiro atoms. The molecule has 4 rings (SSSR count). The van der Waals surface area contributed by atoms with Crippen LogP contribution in [0.15, 0.2) is 41.9 Å².